The molecule has 0 N–H and O–H groups in total. The number of amidine groups is 1. The molecular weight excluding hydrogens is 244 g/mol. The lowest BCUT2D eigenvalue weighted by Crippen LogP contribution is -2.30. The Kier molecular flexibility index (Phi) is 3.19. The lowest BCUT2D eigenvalue weighted by Gasteiger charge is -2.13. The molecule has 1 aromatic carbocycles. The number of hydrogen-bond donors (Lipinski definition) is 0. The monoisotopic (exact) mass is 258 g/mol. The SMILES string of the molecule is O=C1/C(=C\c2ccccc2)N=C2SCCCCN12. The summed E-state index contributed by atoms with van der Waals surface area (Å²) in [7, 11) is 0. The number of thioether (sulfide) groups is 1. The van der Waals surface area contributed by atoms with Gasteiger partial charge in [0.15, 0.2) is 5.17 Å². The normalized spacial score (nSPS) is 21.8. The first kappa shape index (κ1) is 11.5. The minimum Gasteiger partial charge on any atom is -0.286 e. The Hall–Kier alpha value is -1.55. The highest BCUT2D eigenvalue weighted by molar-refractivity contribution is 8.13. The molecule has 0 radical (unpaired) electrons. The van der Waals surface area contributed by atoms with Crippen LogP contribution in [0, 0.1) is 0 Å². The Morgan fingerprint density at radius 2 is 2.06 bits per heavy atom. The molecule has 1 saturated heterocycles. The van der Waals surface area contributed by atoms with Crippen LogP contribution in [0.1, 0.15) is 18.4 Å². The van der Waals surface area contributed by atoms with Crippen LogP contribution < -0.4 is 0 Å². The van der Waals surface area contributed by atoms with Crippen LogP contribution in [0.15, 0.2) is 41.0 Å². The topological polar surface area (TPSA) is 32.7 Å². The third-order valence-electron chi connectivity index (χ3n) is 3.02. The molecule has 4 heteroatoms. The van der Waals surface area contributed by atoms with Crippen molar-refractivity contribution in [2.24, 2.45) is 4.99 Å². The molecule has 0 aliphatic carbocycles. The van der Waals surface area contributed by atoms with E-state index in [9.17, 15) is 4.79 Å². The largest absolute Gasteiger partial charge is 0.286 e. The van der Waals surface area contributed by atoms with Crippen molar-refractivity contribution in [3.8, 4) is 0 Å². The summed E-state index contributed by atoms with van der Waals surface area (Å²) >= 11 is 1.69. The van der Waals surface area contributed by atoms with Crippen molar-refractivity contribution < 1.29 is 4.79 Å². The number of amides is 1. The number of fused-ring (bicyclic) bond motifs is 1. The summed E-state index contributed by atoms with van der Waals surface area (Å²) in [5.41, 5.74) is 1.58. The molecule has 2 aliphatic heterocycles. The number of rotatable bonds is 1. The Labute approximate surface area is 111 Å². The molecule has 3 nitrogen and oxygen atoms in total. The zero-order valence-electron chi connectivity index (χ0n) is 10.0. The Balaban J connectivity index is 1.91. The van der Waals surface area contributed by atoms with E-state index in [1.165, 1.54) is 0 Å². The molecule has 0 unspecified atom stereocenters. The van der Waals surface area contributed by atoms with Crippen LogP contribution in [0.25, 0.3) is 6.08 Å². The third-order valence-corrected chi connectivity index (χ3v) is 4.08. The fraction of sp³-hybridized carbons (Fsp3) is 0.286. The average molecular weight is 258 g/mol. The van der Waals surface area contributed by atoms with Crippen molar-refractivity contribution in [3.05, 3.63) is 41.6 Å². The Morgan fingerprint density at radius 1 is 1.22 bits per heavy atom. The molecule has 0 aromatic heterocycles. The van der Waals surface area contributed by atoms with Crippen molar-refractivity contribution in [1.82, 2.24) is 4.90 Å². The summed E-state index contributed by atoms with van der Waals surface area (Å²) < 4.78 is 0. The van der Waals surface area contributed by atoms with Crippen LogP contribution in [0.2, 0.25) is 0 Å². The van der Waals surface area contributed by atoms with Crippen LogP contribution in [0.3, 0.4) is 0 Å². The third kappa shape index (κ3) is 2.20. The van der Waals surface area contributed by atoms with Crippen molar-refractivity contribution in [2.75, 3.05) is 12.3 Å². The highest BCUT2D eigenvalue weighted by Crippen LogP contribution is 2.27. The lowest BCUT2D eigenvalue weighted by atomic mass is 10.2. The molecule has 0 spiro atoms. The molecule has 92 valence electrons. The van der Waals surface area contributed by atoms with Gasteiger partial charge in [0.1, 0.15) is 5.70 Å². The summed E-state index contributed by atoms with van der Waals surface area (Å²) in [5, 5.41) is 0.875. The number of carbonyl (C=O) groups is 1. The van der Waals surface area contributed by atoms with Crippen molar-refractivity contribution >= 4 is 28.9 Å². The molecule has 2 aliphatic rings. The first-order valence-electron chi connectivity index (χ1n) is 6.15. The van der Waals surface area contributed by atoms with Crippen molar-refractivity contribution in [1.29, 1.82) is 0 Å². The van der Waals surface area contributed by atoms with Gasteiger partial charge in [-0.2, -0.15) is 0 Å². The van der Waals surface area contributed by atoms with Crippen molar-refractivity contribution in [3.63, 3.8) is 0 Å². The second-order valence-corrected chi connectivity index (χ2v) is 5.41. The van der Waals surface area contributed by atoms with Crippen LogP contribution in [0.5, 0.6) is 0 Å². The molecule has 1 fully saturated rings. The second-order valence-electron chi connectivity index (χ2n) is 4.35. The average Bonchev–Trinajstić information content (AvgIpc) is 2.58. The summed E-state index contributed by atoms with van der Waals surface area (Å²) in [6.45, 7) is 0.802. The molecule has 0 atom stereocenters. The highest BCUT2D eigenvalue weighted by Gasteiger charge is 2.31. The minimum atomic E-state index is 0.0447. The first-order valence-corrected chi connectivity index (χ1v) is 7.13. The van der Waals surface area contributed by atoms with E-state index in [1.54, 1.807) is 11.8 Å². The smallest absolute Gasteiger partial charge is 0.278 e. The van der Waals surface area contributed by atoms with E-state index in [4.69, 9.17) is 0 Å². The van der Waals surface area contributed by atoms with Gasteiger partial charge in [-0.15, -0.1) is 0 Å². The van der Waals surface area contributed by atoms with Gasteiger partial charge in [-0.1, -0.05) is 42.1 Å². The second kappa shape index (κ2) is 4.98. The van der Waals surface area contributed by atoms with E-state index in [1.807, 2.05) is 41.3 Å². The van der Waals surface area contributed by atoms with Gasteiger partial charge >= 0.3 is 0 Å². The van der Waals surface area contributed by atoms with E-state index < -0.39 is 0 Å². The molecule has 2 heterocycles. The van der Waals surface area contributed by atoms with E-state index in [0.717, 1.165) is 35.9 Å². The van der Waals surface area contributed by atoms with Gasteiger partial charge in [-0.25, -0.2) is 4.99 Å². The van der Waals surface area contributed by atoms with Gasteiger partial charge < -0.3 is 0 Å². The van der Waals surface area contributed by atoms with Gasteiger partial charge in [0, 0.05) is 12.3 Å². The fourth-order valence-electron chi connectivity index (χ4n) is 2.08. The molecule has 0 bridgehead atoms. The zero-order valence-corrected chi connectivity index (χ0v) is 10.8. The number of aliphatic imine (C=N–C) groups is 1. The van der Waals surface area contributed by atoms with E-state index in [0.29, 0.717) is 5.70 Å². The summed E-state index contributed by atoms with van der Waals surface area (Å²) in [6, 6.07) is 9.86. The van der Waals surface area contributed by atoms with Crippen molar-refractivity contribution in [2.45, 2.75) is 12.8 Å². The van der Waals surface area contributed by atoms with Crippen LogP contribution >= 0.6 is 11.8 Å². The maximum atomic E-state index is 12.2. The summed E-state index contributed by atoms with van der Waals surface area (Å²) in [5.74, 6) is 1.10. The fourth-order valence-corrected chi connectivity index (χ4v) is 3.10. The standard InChI is InChI=1S/C14H14N2OS/c17-13-12(10-11-6-2-1-3-7-11)15-14-16(13)8-4-5-9-18-14/h1-3,6-7,10H,4-5,8-9H2/b12-10+. The van der Waals surface area contributed by atoms with E-state index in [2.05, 4.69) is 4.99 Å². The molecular formula is C14H14N2OS. The number of carbonyl (C=O) groups excluding carboxylic acids is 1. The zero-order chi connectivity index (χ0) is 12.4. The number of hydrogen-bond acceptors (Lipinski definition) is 3. The minimum absolute atomic E-state index is 0.0447. The summed E-state index contributed by atoms with van der Waals surface area (Å²) in [6.07, 6.45) is 4.09. The van der Waals surface area contributed by atoms with Crippen LogP contribution in [-0.2, 0) is 4.79 Å². The number of nitrogens with zero attached hydrogens (tertiary/aromatic N) is 2. The van der Waals surface area contributed by atoms with Crippen LogP contribution in [-0.4, -0.2) is 28.3 Å². The molecule has 0 saturated carbocycles. The Morgan fingerprint density at radius 3 is 2.89 bits per heavy atom. The predicted molar refractivity (Wildman–Crippen MR) is 75.3 cm³/mol. The van der Waals surface area contributed by atoms with E-state index >= 15 is 0 Å². The highest BCUT2D eigenvalue weighted by atomic mass is 32.2. The van der Waals surface area contributed by atoms with Gasteiger partial charge in [-0.05, 0) is 24.5 Å². The van der Waals surface area contributed by atoms with Gasteiger partial charge in [0.05, 0.1) is 0 Å². The quantitative estimate of drug-likeness (QED) is 0.726. The maximum Gasteiger partial charge on any atom is 0.278 e. The van der Waals surface area contributed by atoms with Crippen LogP contribution in [0.4, 0.5) is 0 Å². The predicted octanol–water partition coefficient (Wildman–Crippen LogP) is 2.75. The lowest BCUT2D eigenvalue weighted by molar-refractivity contribution is -0.122. The van der Waals surface area contributed by atoms with Gasteiger partial charge in [-0.3, -0.25) is 9.69 Å². The molecule has 1 amide bonds. The number of benzene rings is 1. The molecule has 18 heavy (non-hydrogen) atoms. The first-order chi connectivity index (χ1) is 8.84. The van der Waals surface area contributed by atoms with Gasteiger partial charge in [0.2, 0.25) is 0 Å². The molecule has 3 rings (SSSR count). The van der Waals surface area contributed by atoms with E-state index in [-0.39, 0.29) is 5.91 Å². The Bertz CT molecular complexity index is 522. The van der Waals surface area contributed by atoms with Gasteiger partial charge in [0.25, 0.3) is 5.91 Å². The summed E-state index contributed by atoms with van der Waals surface area (Å²) in [4.78, 5) is 18.5. The molecule has 1 aromatic rings. The maximum absolute atomic E-state index is 12.2.